The summed E-state index contributed by atoms with van der Waals surface area (Å²) in [6.07, 6.45) is 0.684. The molecule has 4 aromatic rings. The molecule has 1 atom stereocenters. The summed E-state index contributed by atoms with van der Waals surface area (Å²) in [7, 11) is 2.66. The van der Waals surface area contributed by atoms with Crippen LogP contribution in [0.25, 0.3) is 10.8 Å². The van der Waals surface area contributed by atoms with Crippen molar-refractivity contribution in [3.05, 3.63) is 95.9 Å². The van der Waals surface area contributed by atoms with Crippen molar-refractivity contribution in [1.82, 2.24) is 9.88 Å². The highest BCUT2D eigenvalue weighted by Crippen LogP contribution is 2.31. The van der Waals surface area contributed by atoms with Crippen molar-refractivity contribution < 1.29 is 33.3 Å². The minimum atomic E-state index is -1.98. The van der Waals surface area contributed by atoms with Gasteiger partial charge in [0.15, 0.2) is 5.88 Å². The van der Waals surface area contributed by atoms with Crippen LogP contribution in [-0.2, 0) is 27.4 Å². The Morgan fingerprint density at radius 1 is 1.05 bits per heavy atom. The lowest BCUT2D eigenvalue weighted by molar-refractivity contribution is -0.146. The Morgan fingerprint density at radius 3 is 2.47 bits per heavy atom. The number of methoxy groups -OCH3 is 2. The van der Waals surface area contributed by atoms with Gasteiger partial charge in [-0.1, -0.05) is 42.2 Å². The van der Waals surface area contributed by atoms with E-state index in [4.69, 9.17) is 14.2 Å². The minimum absolute atomic E-state index is 0.0479. The SMILES string of the molecule is COC(=O)C(C#Cc1ccc(F)cc1)(Cn1cc2ccc(OC)cc2c1O)NC(=O)OCc1ccccc1. The number of nitrogens with zero attached hydrogens (tertiary/aromatic N) is 1. The van der Waals surface area contributed by atoms with E-state index >= 15 is 0 Å². The number of esters is 1. The van der Waals surface area contributed by atoms with E-state index in [9.17, 15) is 19.1 Å². The van der Waals surface area contributed by atoms with Crippen LogP contribution in [0.2, 0.25) is 0 Å². The zero-order valence-electron chi connectivity index (χ0n) is 20.7. The molecule has 38 heavy (non-hydrogen) atoms. The molecular formula is C29H25FN2O6. The number of hydrogen-bond acceptors (Lipinski definition) is 6. The molecule has 1 amide bonds. The Hall–Kier alpha value is -4.97. The van der Waals surface area contributed by atoms with Crippen LogP contribution in [-0.4, -0.2) is 41.5 Å². The summed E-state index contributed by atoms with van der Waals surface area (Å²) in [5.74, 6) is 4.59. The number of halogens is 1. The topological polar surface area (TPSA) is 99.0 Å². The van der Waals surface area contributed by atoms with Gasteiger partial charge in [0.25, 0.3) is 0 Å². The van der Waals surface area contributed by atoms with Crippen LogP contribution in [0.4, 0.5) is 9.18 Å². The molecule has 0 aliphatic carbocycles. The molecule has 8 nitrogen and oxygen atoms in total. The van der Waals surface area contributed by atoms with Crippen molar-refractivity contribution in [2.45, 2.75) is 18.7 Å². The van der Waals surface area contributed by atoms with E-state index in [2.05, 4.69) is 17.2 Å². The van der Waals surface area contributed by atoms with Gasteiger partial charge < -0.3 is 23.9 Å². The van der Waals surface area contributed by atoms with Crippen LogP contribution >= 0.6 is 0 Å². The van der Waals surface area contributed by atoms with Crippen LogP contribution < -0.4 is 10.1 Å². The van der Waals surface area contributed by atoms with Gasteiger partial charge in [-0.25, -0.2) is 14.0 Å². The number of ether oxygens (including phenoxy) is 3. The lowest BCUT2D eigenvalue weighted by atomic mass is 9.99. The van der Waals surface area contributed by atoms with Crippen LogP contribution in [0.3, 0.4) is 0 Å². The normalized spacial score (nSPS) is 12.1. The number of carbonyl (C=O) groups is 2. The lowest BCUT2D eigenvalue weighted by Gasteiger charge is -2.27. The number of aromatic nitrogens is 1. The first-order valence-corrected chi connectivity index (χ1v) is 11.6. The summed E-state index contributed by atoms with van der Waals surface area (Å²) in [6.45, 7) is -0.370. The molecule has 0 radical (unpaired) electrons. The van der Waals surface area contributed by atoms with Gasteiger partial charge in [0.05, 0.1) is 20.8 Å². The van der Waals surface area contributed by atoms with Gasteiger partial charge in [-0.15, -0.1) is 0 Å². The molecule has 0 saturated heterocycles. The molecule has 9 heteroatoms. The maximum Gasteiger partial charge on any atom is 0.409 e. The Labute approximate surface area is 218 Å². The second-order valence-corrected chi connectivity index (χ2v) is 8.37. The van der Waals surface area contributed by atoms with Gasteiger partial charge >= 0.3 is 12.1 Å². The van der Waals surface area contributed by atoms with Gasteiger partial charge in [-0.3, -0.25) is 5.32 Å². The average Bonchev–Trinajstić information content (AvgIpc) is 3.25. The van der Waals surface area contributed by atoms with E-state index in [1.807, 2.05) is 6.07 Å². The highest BCUT2D eigenvalue weighted by molar-refractivity contribution is 5.91. The number of carbonyl (C=O) groups excluding carboxylic acids is 2. The summed E-state index contributed by atoms with van der Waals surface area (Å²) >= 11 is 0. The summed E-state index contributed by atoms with van der Waals surface area (Å²) in [5.41, 5.74) is -0.842. The molecule has 0 aliphatic rings. The van der Waals surface area contributed by atoms with E-state index in [1.165, 1.54) is 35.9 Å². The summed E-state index contributed by atoms with van der Waals surface area (Å²) < 4.78 is 30.4. The zero-order chi connectivity index (χ0) is 27.1. The third-order valence-corrected chi connectivity index (χ3v) is 5.80. The van der Waals surface area contributed by atoms with Gasteiger partial charge in [0.1, 0.15) is 18.2 Å². The average molecular weight is 517 g/mol. The fourth-order valence-electron chi connectivity index (χ4n) is 3.83. The Kier molecular flexibility index (Phi) is 7.83. The number of benzene rings is 3. The predicted molar refractivity (Wildman–Crippen MR) is 138 cm³/mol. The van der Waals surface area contributed by atoms with Crippen molar-refractivity contribution in [2.75, 3.05) is 14.2 Å². The maximum absolute atomic E-state index is 13.4. The summed E-state index contributed by atoms with van der Waals surface area (Å²) in [5, 5.41) is 14.6. The van der Waals surface area contributed by atoms with Crippen molar-refractivity contribution in [3.8, 4) is 23.5 Å². The van der Waals surface area contributed by atoms with Crippen LogP contribution in [0.1, 0.15) is 11.1 Å². The third-order valence-electron chi connectivity index (χ3n) is 5.80. The van der Waals surface area contributed by atoms with Crippen LogP contribution in [0.15, 0.2) is 79.0 Å². The quantitative estimate of drug-likeness (QED) is 0.279. The second-order valence-electron chi connectivity index (χ2n) is 8.37. The predicted octanol–water partition coefficient (Wildman–Crippen LogP) is 4.38. The van der Waals surface area contributed by atoms with Gasteiger partial charge in [-0.2, -0.15) is 0 Å². The number of hydrogen-bond donors (Lipinski definition) is 2. The van der Waals surface area contributed by atoms with Crippen LogP contribution in [0, 0.1) is 17.7 Å². The molecule has 1 aromatic heterocycles. The second kappa shape index (κ2) is 11.4. The number of nitrogens with one attached hydrogen (secondary N) is 1. The molecule has 194 valence electrons. The standard InChI is InChI=1S/C29H25FN2O6/c1-36-24-13-10-22-17-32(26(33)25(22)16-24)19-29(27(34)37-2,15-14-20-8-11-23(30)12-9-20)31-28(35)38-18-21-6-4-3-5-7-21/h3-13,16-17,33H,18-19H2,1-2H3,(H,31,35). The van der Waals surface area contributed by atoms with Crippen molar-refractivity contribution >= 4 is 22.8 Å². The number of aromatic hydroxyl groups is 1. The van der Waals surface area contributed by atoms with E-state index in [0.29, 0.717) is 22.1 Å². The molecular weight excluding hydrogens is 491 g/mol. The zero-order valence-corrected chi connectivity index (χ0v) is 20.7. The first-order valence-electron chi connectivity index (χ1n) is 11.6. The molecule has 1 unspecified atom stereocenters. The van der Waals surface area contributed by atoms with E-state index in [1.54, 1.807) is 48.7 Å². The Bertz CT molecular complexity index is 1510. The Balaban J connectivity index is 1.73. The lowest BCUT2D eigenvalue weighted by Crippen LogP contribution is -2.57. The largest absolute Gasteiger partial charge is 0.497 e. The maximum atomic E-state index is 13.4. The number of fused-ring (bicyclic) bond motifs is 1. The first kappa shape index (κ1) is 26.1. The fourth-order valence-corrected chi connectivity index (χ4v) is 3.83. The van der Waals surface area contributed by atoms with Crippen molar-refractivity contribution in [3.63, 3.8) is 0 Å². The molecule has 1 heterocycles. The molecule has 0 saturated carbocycles. The molecule has 0 bridgehead atoms. The fraction of sp³-hybridized carbons (Fsp3) is 0.172. The van der Waals surface area contributed by atoms with E-state index in [0.717, 1.165) is 12.7 Å². The van der Waals surface area contributed by atoms with E-state index in [-0.39, 0.29) is 19.0 Å². The summed E-state index contributed by atoms with van der Waals surface area (Å²) in [4.78, 5) is 26.1. The van der Waals surface area contributed by atoms with E-state index < -0.39 is 23.4 Å². The van der Waals surface area contributed by atoms with Gasteiger partial charge in [0, 0.05) is 22.5 Å². The van der Waals surface area contributed by atoms with Gasteiger partial charge in [0.2, 0.25) is 5.54 Å². The Morgan fingerprint density at radius 2 is 1.79 bits per heavy atom. The molecule has 0 aliphatic heterocycles. The van der Waals surface area contributed by atoms with Crippen molar-refractivity contribution in [1.29, 1.82) is 0 Å². The van der Waals surface area contributed by atoms with Crippen LogP contribution in [0.5, 0.6) is 11.6 Å². The smallest absolute Gasteiger partial charge is 0.409 e. The molecule has 3 aromatic carbocycles. The molecule has 0 fully saturated rings. The first-order chi connectivity index (χ1) is 18.3. The monoisotopic (exact) mass is 516 g/mol. The number of amides is 1. The van der Waals surface area contributed by atoms with Crippen molar-refractivity contribution in [2.24, 2.45) is 0 Å². The minimum Gasteiger partial charge on any atom is -0.497 e. The highest BCUT2D eigenvalue weighted by Gasteiger charge is 2.42. The third kappa shape index (κ3) is 5.87. The molecule has 0 spiro atoms. The number of alkyl carbamates (subject to hydrolysis) is 1. The highest BCUT2D eigenvalue weighted by atomic mass is 19.1. The molecule has 4 rings (SSSR count). The van der Waals surface area contributed by atoms with Gasteiger partial charge in [-0.05, 0) is 48.0 Å². The summed E-state index contributed by atoms with van der Waals surface area (Å²) in [6, 6.07) is 19.5. The number of rotatable bonds is 7. The molecule has 2 N–H and O–H groups in total.